The van der Waals surface area contributed by atoms with Crippen molar-refractivity contribution in [2.45, 2.75) is 44.6 Å². The summed E-state index contributed by atoms with van der Waals surface area (Å²) in [6.45, 7) is 3.33. The number of esters is 1. The molecule has 0 unspecified atom stereocenters. The number of benzene rings is 1. The number of nitrogens with zero attached hydrogens (tertiary/aromatic N) is 1. The third-order valence-electron chi connectivity index (χ3n) is 5.55. The van der Waals surface area contributed by atoms with Gasteiger partial charge >= 0.3 is 17.9 Å². The highest BCUT2D eigenvalue weighted by Crippen LogP contribution is 2.56. The van der Waals surface area contributed by atoms with Gasteiger partial charge in [0.05, 0.1) is 12.0 Å². The van der Waals surface area contributed by atoms with Crippen molar-refractivity contribution < 1.29 is 42.3 Å². The minimum atomic E-state index is -5.41. The van der Waals surface area contributed by atoms with Crippen LogP contribution in [0.3, 0.4) is 0 Å². The fourth-order valence-electron chi connectivity index (χ4n) is 4.18. The summed E-state index contributed by atoms with van der Waals surface area (Å²) in [4.78, 5) is 35.7. The van der Waals surface area contributed by atoms with Gasteiger partial charge in [-0.25, -0.2) is 0 Å². The van der Waals surface area contributed by atoms with Gasteiger partial charge in [-0.2, -0.15) is 13.2 Å². The summed E-state index contributed by atoms with van der Waals surface area (Å²) in [6, 6.07) is 4.39. The number of alkyl halides is 3. The Bertz CT molecular complexity index is 968. The van der Waals surface area contributed by atoms with Crippen LogP contribution in [0, 0.1) is 21.4 Å². The lowest BCUT2D eigenvalue weighted by Gasteiger charge is -2.47. The summed E-state index contributed by atoms with van der Waals surface area (Å²) in [5.74, 6) is -10.2. The number of ketones is 1. The first-order valence-electron chi connectivity index (χ1n) is 9.28. The predicted octanol–water partition coefficient (Wildman–Crippen LogP) is 3.39. The maximum Gasteiger partial charge on any atom is 0.456 e. The summed E-state index contributed by atoms with van der Waals surface area (Å²) >= 11 is 0. The van der Waals surface area contributed by atoms with Gasteiger partial charge in [-0.1, -0.05) is 26.0 Å². The molecule has 31 heavy (non-hydrogen) atoms. The lowest BCUT2D eigenvalue weighted by atomic mass is 9.66. The molecule has 11 heteroatoms. The molecule has 1 aromatic rings. The van der Waals surface area contributed by atoms with Crippen molar-refractivity contribution in [1.29, 1.82) is 0 Å². The summed E-state index contributed by atoms with van der Waals surface area (Å²) in [5.41, 5.74) is -1.23. The van der Waals surface area contributed by atoms with Gasteiger partial charge < -0.3 is 14.6 Å². The van der Waals surface area contributed by atoms with Crippen LogP contribution in [0.5, 0.6) is 0 Å². The number of halogens is 3. The van der Waals surface area contributed by atoms with E-state index < -0.39 is 45.9 Å². The molecule has 0 saturated carbocycles. The number of carbonyl (C=O) groups excluding carboxylic acids is 2. The monoisotopic (exact) mass is 443 g/mol. The highest BCUT2D eigenvalue weighted by Gasteiger charge is 2.70. The van der Waals surface area contributed by atoms with Crippen molar-refractivity contribution in [3.63, 3.8) is 0 Å². The molecule has 0 bridgehead atoms. The molecule has 1 aliphatic carbocycles. The van der Waals surface area contributed by atoms with Crippen LogP contribution in [0.2, 0.25) is 0 Å². The Morgan fingerprint density at radius 3 is 2.32 bits per heavy atom. The molecular weight excluding hydrogens is 423 g/mol. The lowest BCUT2D eigenvalue weighted by Crippen LogP contribution is -2.61. The molecule has 0 spiro atoms. The smallest absolute Gasteiger partial charge is 0.456 e. The van der Waals surface area contributed by atoms with Crippen molar-refractivity contribution in [1.82, 2.24) is 0 Å². The Balaban J connectivity index is 2.30. The number of non-ortho nitro benzene ring substituents is 1. The van der Waals surface area contributed by atoms with E-state index in [1.807, 2.05) is 0 Å². The van der Waals surface area contributed by atoms with Gasteiger partial charge in [0.15, 0.2) is 5.78 Å². The Morgan fingerprint density at radius 2 is 1.84 bits per heavy atom. The Hall–Kier alpha value is -2.95. The van der Waals surface area contributed by atoms with E-state index in [1.165, 1.54) is 0 Å². The number of carbonyl (C=O) groups is 2. The van der Waals surface area contributed by atoms with Crippen molar-refractivity contribution >= 4 is 17.4 Å². The van der Waals surface area contributed by atoms with E-state index in [-0.39, 0.29) is 35.4 Å². The number of Topliss-reactive ketones (excluding diaryl/α,β-unsaturated/α-hetero) is 1. The molecular formula is C20H20F3NO7. The van der Waals surface area contributed by atoms with Crippen LogP contribution in [0.1, 0.15) is 38.2 Å². The summed E-state index contributed by atoms with van der Waals surface area (Å²) < 4.78 is 51.5. The van der Waals surface area contributed by atoms with E-state index in [4.69, 9.17) is 4.74 Å². The third kappa shape index (κ3) is 3.78. The number of ether oxygens (including phenoxy) is 2. The normalized spacial score (nSPS) is 27.9. The first-order chi connectivity index (χ1) is 14.2. The Kier molecular flexibility index (Phi) is 5.37. The lowest BCUT2D eigenvalue weighted by molar-refractivity contribution is -0.384. The number of rotatable bonds is 3. The van der Waals surface area contributed by atoms with Crippen LogP contribution in [0.25, 0.3) is 0 Å². The third-order valence-corrected chi connectivity index (χ3v) is 5.55. The van der Waals surface area contributed by atoms with Crippen molar-refractivity contribution in [3.05, 3.63) is 51.3 Å². The molecule has 8 nitrogen and oxygen atoms in total. The first-order valence-corrected chi connectivity index (χ1v) is 9.28. The SMILES string of the molecule is COC(=O)[C@@H]1[C@@H](c2ccc([N+](=O)[O-])cc2)C2=C(CC(C)(C)CC2=O)O[C@@]1(O)C(F)(F)F. The second-order valence-electron chi connectivity index (χ2n) is 8.40. The van der Waals surface area contributed by atoms with Gasteiger partial charge in [-0.3, -0.25) is 19.7 Å². The molecule has 1 heterocycles. The molecule has 3 rings (SSSR count). The number of methoxy groups -OCH3 is 1. The summed E-state index contributed by atoms with van der Waals surface area (Å²) in [5, 5.41) is 21.6. The minimum absolute atomic E-state index is 0.00697. The standard InChI is InChI=1S/C20H20F3NO7/c1-18(2)8-12(25)15-13(9-18)31-19(27,20(21,22)23)16(17(26)30-3)14(15)10-4-6-11(7-5-10)24(28)29/h4-7,14,16,27H,8-9H2,1-3H3/t14-,16-,19+/m0/s1. The Morgan fingerprint density at radius 1 is 1.26 bits per heavy atom. The van der Waals surface area contributed by atoms with E-state index in [2.05, 4.69) is 4.74 Å². The first kappa shape index (κ1) is 22.7. The fourth-order valence-corrected chi connectivity index (χ4v) is 4.18. The van der Waals surface area contributed by atoms with Crippen LogP contribution < -0.4 is 0 Å². The molecule has 0 saturated heterocycles. The average Bonchev–Trinajstić information content (AvgIpc) is 2.64. The number of aliphatic hydroxyl groups is 1. The Labute approximate surface area is 174 Å². The average molecular weight is 443 g/mol. The van der Waals surface area contributed by atoms with E-state index in [1.54, 1.807) is 13.8 Å². The zero-order valence-corrected chi connectivity index (χ0v) is 16.9. The van der Waals surface area contributed by atoms with Gasteiger partial charge in [0, 0.05) is 36.5 Å². The molecule has 1 aliphatic heterocycles. The van der Waals surface area contributed by atoms with E-state index in [9.17, 15) is 38.0 Å². The van der Waals surface area contributed by atoms with Gasteiger partial charge in [0.25, 0.3) is 5.69 Å². The molecule has 0 amide bonds. The number of allylic oxidation sites excluding steroid dienone is 2. The second-order valence-corrected chi connectivity index (χ2v) is 8.40. The fraction of sp³-hybridized carbons (Fsp3) is 0.500. The summed E-state index contributed by atoms with van der Waals surface area (Å²) in [6.07, 6.45) is -5.51. The molecule has 0 radical (unpaired) electrons. The van der Waals surface area contributed by atoms with Gasteiger partial charge in [0.2, 0.25) is 0 Å². The zero-order valence-electron chi connectivity index (χ0n) is 16.9. The van der Waals surface area contributed by atoms with Crippen LogP contribution in [0.15, 0.2) is 35.6 Å². The summed E-state index contributed by atoms with van der Waals surface area (Å²) in [7, 11) is 0.849. The second kappa shape index (κ2) is 7.33. The molecule has 0 aromatic heterocycles. The minimum Gasteiger partial charge on any atom is -0.469 e. The molecule has 2 aliphatic rings. The quantitative estimate of drug-likeness (QED) is 0.432. The molecule has 168 valence electrons. The van der Waals surface area contributed by atoms with E-state index in [0.29, 0.717) is 0 Å². The number of nitro groups is 1. The molecule has 3 atom stereocenters. The van der Waals surface area contributed by atoms with Crippen LogP contribution in [0.4, 0.5) is 18.9 Å². The maximum absolute atomic E-state index is 14.0. The van der Waals surface area contributed by atoms with Gasteiger partial charge in [-0.05, 0) is 11.0 Å². The molecule has 0 fully saturated rings. The van der Waals surface area contributed by atoms with Crippen molar-refractivity contribution in [2.24, 2.45) is 11.3 Å². The van der Waals surface area contributed by atoms with Crippen LogP contribution >= 0.6 is 0 Å². The number of hydrogen-bond donors (Lipinski definition) is 1. The van der Waals surface area contributed by atoms with Crippen molar-refractivity contribution in [3.8, 4) is 0 Å². The van der Waals surface area contributed by atoms with Crippen molar-refractivity contribution in [2.75, 3.05) is 7.11 Å². The van der Waals surface area contributed by atoms with Crippen LogP contribution in [-0.4, -0.2) is 40.9 Å². The predicted molar refractivity (Wildman–Crippen MR) is 98.5 cm³/mol. The van der Waals surface area contributed by atoms with Gasteiger partial charge in [-0.15, -0.1) is 0 Å². The molecule has 1 N–H and O–H groups in total. The highest BCUT2D eigenvalue weighted by atomic mass is 19.4. The maximum atomic E-state index is 14.0. The number of nitro benzene ring substituents is 1. The van der Waals surface area contributed by atoms with Gasteiger partial charge in [0.1, 0.15) is 11.7 Å². The van der Waals surface area contributed by atoms with Crippen LogP contribution in [-0.2, 0) is 19.1 Å². The molecule has 1 aromatic carbocycles. The number of hydrogen-bond acceptors (Lipinski definition) is 7. The largest absolute Gasteiger partial charge is 0.469 e. The van der Waals surface area contributed by atoms with E-state index >= 15 is 0 Å². The zero-order chi connectivity index (χ0) is 23.4. The topological polar surface area (TPSA) is 116 Å². The van der Waals surface area contributed by atoms with E-state index in [0.717, 1.165) is 31.4 Å². The highest BCUT2D eigenvalue weighted by molar-refractivity contribution is 6.00.